The van der Waals surface area contributed by atoms with Gasteiger partial charge in [0.25, 0.3) is 6.29 Å². The summed E-state index contributed by atoms with van der Waals surface area (Å²) in [6.07, 6.45) is 4.87. The van der Waals surface area contributed by atoms with Gasteiger partial charge in [-0.1, -0.05) is 50.8 Å². The first kappa shape index (κ1) is 14.6. The molecule has 0 radical (unpaired) electrons. The van der Waals surface area contributed by atoms with Gasteiger partial charge < -0.3 is 9.47 Å². The first-order chi connectivity index (χ1) is 9.72. The number of hydrogen-bond donors (Lipinski definition) is 0. The molecule has 0 aromatic heterocycles. The zero-order valence-electron chi connectivity index (χ0n) is 11.8. The number of carbonyl (C=O) groups is 2. The van der Waals surface area contributed by atoms with Gasteiger partial charge in [0.15, 0.2) is 0 Å². The minimum absolute atomic E-state index is 0.309. The molecule has 1 unspecified atom stereocenters. The van der Waals surface area contributed by atoms with Crippen LogP contribution in [0.25, 0.3) is 0 Å². The number of hydrogen-bond acceptors (Lipinski definition) is 4. The molecule has 4 heteroatoms. The first-order valence-corrected chi connectivity index (χ1v) is 7.21. The van der Waals surface area contributed by atoms with Crippen LogP contribution in [0.4, 0.5) is 0 Å². The minimum atomic E-state index is -0.873. The Morgan fingerprint density at radius 2 is 1.95 bits per heavy atom. The lowest BCUT2D eigenvalue weighted by Gasteiger charge is -2.11. The van der Waals surface area contributed by atoms with Crippen molar-refractivity contribution in [2.45, 2.75) is 51.7 Å². The van der Waals surface area contributed by atoms with Crippen LogP contribution < -0.4 is 0 Å². The maximum Gasteiger partial charge on any atom is 0.342 e. The van der Waals surface area contributed by atoms with Crippen LogP contribution in [0.2, 0.25) is 0 Å². The highest BCUT2D eigenvalue weighted by Crippen LogP contribution is 2.31. The van der Waals surface area contributed by atoms with E-state index in [2.05, 4.69) is 6.92 Å². The average molecular weight is 276 g/mol. The largest absolute Gasteiger partial charge is 0.421 e. The van der Waals surface area contributed by atoms with Gasteiger partial charge in [-0.2, -0.15) is 0 Å². The second-order valence-electron chi connectivity index (χ2n) is 4.98. The number of unbranched alkanes of at least 4 members (excludes halogenated alkanes) is 4. The molecule has 1 aliphatic heterocycles. The van der Waals surface area contributed by atoms with Crippen molar-refractivity contribution in [1.29, 1.82) is 0 Å². The standard InChI is InChI=1S/C16H20O4/c1-2-3-4-5-6-11-14(17)19-16-13-10-8-7-9-12(13)15(18)20-16/h7-10,16H,2-6,11H2,1H3. The van der Waals surface area contributed by atoms with Crippen LogP contribution in [0.3, 0.4) is 0 Å². The number of esters is 2. The van der Waals surface area contributed by atoms with E-state index in [1.165, 1.54) is 12.8 Å². The van der Waals surface area contributed by atoms with Crippen molar-refractivity contribution in [2.24, 2.45) is 0 Å². The molecule has 1 aliphatic rings. The third-order valence-electron chi connectivity index (χ3n) is 3.37. The number of carbonyl (C=O) groups excluding carboxylic acids is 2. The monoisotopic (exact) mass is 276 g/mol. The molecule has 20 heavy (non-hydrogen) atoms. The highest BCUT2D eigenvalue weighted by atomic mass is 16.7. The van der Waals surface area contributed by atoms with Crippen molar-refractivity contribution in [1.82, 2.24) is 0 Å². The van der Waals surface area contributed by atoms with E-state index in [-0.39, 0.29) is 5.97 Å². The topological polar surface area (TPSA) is 52.6 Å². The summed E-state index contributed by atoms with van der Waals surface area (Å²) in [5.74, 6) is -0.739. The van der Waals surface area contributed by atoms with Crippen molar-refractivity contribution < 1.29 is 19.1 Å². The van der Waals surface area contributed by atoms with Crippen molar-refractivity contribution >= 4 is 11.9 Å². The van der Waals surface area contributed by atoms with Crippen LogP contribution in [-0.2, 0) is 14.3 Å². The second-order valence-corrected chi connectivity index (χ2v) is 4.98. The maximum atomic E-state index is 11.7. The molecule has 0 saturated carbocycles. The van der Waals surface area contributed by atoms with E-state index in [9.17, 15) is 9.59 Å². The summed E-state index contributed by atoms with van der Waals surface area (Å²) < 4.78 is 10.3. The van der Waals surface area contributed by atoms with Crippen LogP contribution in [0.5, 0.6) is 0 Å². The Labute approximate surface area is 119 Å². The molecule has 108 valence electrons. The van der Waals surface area contributed by atoms with Gasteiger partial charge >= 0.3 is 11.9 Å². The minimum Gasteiger partial charge on any atom is -0.421 e. The summed E-state index contributed by atoms with van der Waals surface area (Å²) in [6.45, 7) is 2.15. The van der Waals surface area contributed by atoms with Gasteiger partial charge in [0.1, 0.15) is 0 Å². The first-order valence-electron chi connectivity index (χ1n) is 7.21. The summed E-state index contributed by atoms with van der Waals surface area (Å²) in [6, 6.07) is 6.99. The SMILES string of the molecule is CCCCCCCC(=O)OC1OC(=O)c2ccccc21. The lowest BCUT2D eigenvalue weighted by molar-refractivity contribution is -0.167. The molecule has 0 saturated heterocycles. The molecule has 0 N–H and O–H groups in total. The lowest BCUT2D eigenvalue weighted by atomic mass is 10.1. The molecule has 2 rings (SSSR count). The number of ether oxygens (including phenoxy) is 2. The Bertz CT molecular complexity index is 481. The van der Waals surface area contributed by atoms with Crippen LogP contribution >= 0.6 is 0 Å². The van der Waals surface area contributed by atoms with E-state index in [4.69, 9.17) is 9.47 Å². The molecule has 1 atom stereocenters. The average Bonchev–Trinajstić information content (AvgIpc) is 2.76. The van der Waals surface area contributed by atoms with Gasteiger partial charge in [0.2, 0.25) is 0 Å². The molecular formula is C16H20O4. The van der Waals surface area contributed by atoms with Gasteiger partial charge in [0, 0.05) is 12.0 Å². The maximum absolute atomic E-state index is 11.7. The van der Waals surface area contributed by atoms with Crippen LogP contribution in [0.15, 0.2) is 24.3 Å². The number of rotatable bonds is 7. The van der Waals surface area contributed by atoms with Crippen LogP contribution in [0.1, 0.15) is 67.7 Å². The Morgan fingerprint density at radius 3 is 2.75 bits per heavy atom. The normalized spacial score (nSPS) is 16.6. The summed E-state index contributed by atoms with van der Waals surface area (Å²) in [7, 11) is 0. The second kappa shape index (κ2) is 7.08. The summed E-state index contributed by atoms with van der Waals surface area (Å²) in [5, 5.41) is 0. The van der Waals surface area contributed by atoms with Gasteiger partial charge in [-0.25, -0.2) is 4.79 Å². The predicted octanol–water partition coefficient (Wildman–Crippen LogP) is 3.76. The van der Waals surface area contributed by atoms with E-state index < -0.39 is 12.3 Å². The van der Waals surface area contributed by atoms with Crippen LogP contribution in [-0.4, -0.2) is 11.9 Å². The molecule has 0 amide bonds. The summed E-state index contributed by atoms with van der Waals surface area (Å²) >= 11 is 0. The Kier molecular flexibility index (Phi) is 5.16. The highest BCUT2D eigenvalue weighted by molar-refractivity contribution is 5.94. The Morgan fingerprint density at radius 1 is 1.20 bits per heavy atom. The van der Waals surface area contributed by atoms with Gasteiger partial charge in [-0.15, -0.1) is 0 Å². The van der Waals surface area contributed by atoms with Gasteiger partial charge in [-0.3, -0.25) is 4.79 Å². The number of cyclic esters (lactones) is 1. The molecule has 0 aliphatic carbocycles. The van der Waals surface area contributed by atoms with Crippen molar-refractivity contribution in [3.63, 3.8) is 0 Å². The Balaban J connectivity index is 1.80. The van der Waals surface area contributed by atoms with Gasteiger partial charge in [0.05, 0.1) is 5.56 Å². The third-order valence-corrected chi connectivity index (χ3v) is 3.37. The summed E-state index contributed by atoms with van der Waals surface area (Å²) in [4.78, 5) is 23.3. The molecule has 0 spiro atoms. The fourth-order valence-electron chi connectivity index (χ4n) is 2.25. The van der Waals surface area contributed by atoms with E-state index in [1.54, 1.807) is 24.3 Å². The zero-order chi connectivity index (χ0) is 14.4. The van der Waals surface area contributed by atoms with Crippen molar-refractivity contribution in [3.05, 3.63) is 35.4 Å². The highest BCUT2D eigenvalue weighted by Gasteiger charge is 2.33. The van der Waals surface area contributed by atoms with E-state index >= 15 is 0 Å². The van der Waals surface area contributed by atoms with Crippen molar-refractivity contribution in [3.8, 4) is 0 Å². The quantitative estimate of drug-likeness (QED) is 0.562. The molecule has 1 aromatic rings. The molecule has 4 nitrogen and oxygen atoms in total. The van der Waals surface area contributed by atoms with Gasteiger partial charge in [-0.05, 0) is 12.5 Å². The summed E-state index contributed by atoms with van der Waals surface area (Å²) in [5.41, 5.74) is 1.12. The van der Waals surface area contributed by atoms with E-state index in [0.29, 0.717) is 17.5 Å². The number of benzene rings is 1. The van der Waals surface area contributed by atoms with Crippen molar-refractivity contribution in [2.75, 3.05) is 0 Å². The molecule has 0 fully saturated rings. The number of fused-ring (bicyclic) bond motifs is 1. The zero-order valence-corrected chi connectivity index (χ0v) is 11.8. The predicted molar refractivity (Wildman–Crippen MR) is 74.1 cm³/mol. The fourth-order valence-corrected chi connectivity index (χ4v) is 2.25. The van der Waals surface area contributed by atoms with E-state index in [1.807, 2.05) is 0 Å². The molecular weight excluding hydrogens is 256 g/mol. The Hall–Kier alpha value is -1.84. The smallest absolute Gasteiger partial charge is 0.342 e. The van der Waals surface area contributed by atoms with Crippen LogP contribution in [0, 0.1) is 0 Å². The molecule has 1 heterocycles. The molecule has 1 aromatic carbocycles. The lowest BCUT2D eigenvalue weighted by Crippen LogP contribution is -2.11. The fraction of sp³-hybridized carbons (Fsp3) is 0.500. The third kappa shape index (κ3) is 3.59. The van der Waals surface area contributed by atoms with E-state index in [0.717, 1.165) is 19.3 Å². The molecule has 0 bridgehead atoms.